The van der Waals surface area contributed by atoms with Gasteiger partial charge in [0.05, 0.1) is 10.9 Å². The van der Waals surface area contributed by atoms with Crippen LogP contribution in [-0.2, 0) is 7.05 Å². The minimum Gasteiger partial charge on any atom is -0.369 e. The summed E-state index contributed by atoms with van der Waals surface area (Å²) in [5.41, 5.74) is 2.33. The van der Waals surface area contributed by atoms with Crippen LogP contribution in [0, 0.1) is 5.82 Å². The Hall–Kier alpha value is -2.73. The molecule has 1 aromatic heterocycles. The lowest BCUT2D eigenvalue weighted by Crippen LogP contribution is -2.50. The number of fused-ring (bicyclic) bond motifs is 1. The van der Waals surface area contributed by atoms with E-state index in [1.54, 1.807) is 19.2 Å². The van der Waals surface area contributed by atoms with Gasteiger partial charge < -0.3 is 9.80 Å². The first kappa shape index (κ1) is 17.7. The zero-order valence-electron chi connectivity index (χ0n) is 15.8. The van der Waals surface area contributed by atoms with Crippen LogP contribution in [0.5, 0.6) is 0 Å². The van der Waals surface area contributed by atoms with Crippen LogP contribution >= 0.6 is 0 Å². The molecule has 1 fully saturated rings. The average Bonchev–Trinajstić information content (AvgIpc) is 2.67. The molecule has 2 aromatic carbocycles. The fourth-order valence-electron chi connectivity index (χ4n) is 3.60. The van der Waals surface area contributed by atoms with Gasteiger partial charge in [-0.2, -0.15) is 0 Å². The van der Waals surface area contributed by atoms with Crippen molar-refractivity contribution < 1.29 is 4.39 Å². The number of piperazine rings is 1. The molecule has 5 nitrogen and oxygen atoms in total. The van der Waals surface area contributed by atoms with Crippen LogP contribution in [-0.4, -0.2) is 47.2 Å². The van der Waals surface area contributed by atoms with Gasteiger partial charge in [-0.1, -0.05) is 0 Å². The number of likely N-dealkylation sites (N-methyl/N-ethyl adjacent to an activating group) is 1. The SMILES string of the molecule is CC1CN(c2ccc3nc(-c4ccc(F)cc4)n(C)c(=O)c3c2)CCN1C. The summed E-state index contributed by atoms with van der Waals surface area (Å²) in [5, 5.41) is 0.604. The zero-order valence-corrected chi connectivity index (χ0v) is 15.8. The van der Waals surface area contributed by atoms with Gasteiger partial charge in [-0.25, -0.2) is 9.37 Å². The largest absolute Gasteiger partial charge is 0.369 e. The van der Waals surface area contributed by atoms with Gasteiger partial charge in [-0.05, 0) is 56.4 Å². The van der Waals surface area contributed by atoms with E-state index in [1.807, 2.05) is 18.2 Å². The van der Waals surface area contributed by atoms with Crippen LogP contribution in [0.3, 0.4) is 0 Å². The molecule has 0 amide bonds. The topological polar surface area (TPSA) is 41.4 Å². The minimum atomic E-state index is -0.310. The molecule has 3 aromatic rings. The van der Waals surface area contributed by atoms with Gasteiger partial charge in [-0.3, -0.25) is 9.36 Å². The van der Waals surface area contributed by atoms with Crippen LogP contribution in [0.2, 0.25) is 0 Å². The van der Waals surface area contributed by atoms with Crippen molar-refractivity contribution in [3.8, 4) is 11.4 Å². The van der Waals surface area contributed by atoms with Crippen molar-refractivity contribution in [2.24, 2.45) is 7.05 Å². The number of halogens is 1. The number of rotatable bonds is 2. The molecule has 0 radical (unpaired) electrons. The predicted molar refractivity (Wildman–Crippen MR) is 107 cm³/mol. The molecule has 1 aliphatic rings. The molecule has 1 unspecified atom stereocenters. The normalized spacial score (nSPS) is 18.2. The van der Waals surface area contributed by atoms with Crippen molar-refractivity contribution in [3.63, 3.8) is 0 Å². The molecule has 2 heterocycles. The smallest absolute Gasteiger partial charge is 0.261 e. The van der Waals surface area contributed by atoms with Crippen LogP contribution in [0.1, 0.15) is 6.92 Å². The number of benzene rings is 2. The third kappa shape index (κ3) is 3.21. The van der Waals surface area contributed by atoms with E-state index in [2.05, 4.69) is 28.8 Å². The lowest BCUT2D eigenvalue weighted by Gasteiger charge is -2.39. The molecule has 0 N–H and O–H groups in total. The Kier molecular flexibility index (Phi) is 4.44. The second kappa shape index (κ2) is 6.78. The summed E-state index contributed by atoms with van der Waals surface area (Å²) in [6.07, 6.45) is 0. The fraction of sp³-hybridized carbons (Fsp3) is 0.333. The number of hydrogen-bond acceptors (Lipinski definition) is 4. The maximum atomic E-state index is 13.2. The highest BCUT2D eigenvalue weighted by Gasteiger charge is 2.21. The van der Waals surface area contributed by atoms with Crippen molar-refractivity contribution in [3.05, 3.63) is 58.6 Å². The Morgan fingerprint density at radius 2 is 1.81 bits per heavy atom. The van der Waals surface area contributed by atoms with Crippen molar-refractivity contribution in [2.45, 2.75) is 13.0 Å². The minimum absolute atomic E-state index is 0.0941. The third-order valence-electron chi connectivity index (χ3n) is 5.49. The first-order valence-electron chi connectivity index (χ1n) is 9.16. The molecule has 0 aliphatic carbocycles. The summed E-state index contributed by atoms with van der Waals surface area (Å²) >= 11 is 0. The second-order valence-corrected chi connectivity index (χ2v) is 7.28. The summed E-state index contributed by atoms with van der Waals surface area (Å²) < 4.78 is 14.7. The summed E-state index contributed by atoms with van der Waals surface area (Å²) in [6, 6.07) is 12.4. The van der Waals surface area contributed by atoms with E-state index < -0.39 is 0 Å². The molecule has 140 valence electrons. The fourth-order valence-corrected chi connectivity index (χ4v) is 3.60. The van der Waals surface area contributed by atoms with Crippen molar-refractivity contribution >= 4 is 16.6 Å². The molecular weight excluding hydrogens is 343 g/mol. The van der Waals surface area contributed by atoms with E-state index in [0.29, 0.717) is 22.8 Å². The molecule has 1 atom stereocenters. The zero-order chi connectivity index (χ0) is 19.1. The van der Waals surface area contributed by atoms with Gasteiger partial charge in [0.1, 0.15) is 11.6 Å². The van der Waals surface area contributed by atoms with Gasteiger partial charge in [0.25, 0.3) is 5.56 Å². The Bertz CT molecular complexity index is 1040. The van der Waals surface area contributed by atoms with Crippen LogP contribution in [0.15, 0.2) is 47.3 Å². The summed E-state index contributed by atoms with van der Waals surface area (Å²) in [5.74, 6) is 0.226. The lowest BCUT2D eigenvalue weighted by molar-refractivity contribution is 0.234. The van der Waals surface area contributed by atoms with Crippen molar-refractivity contribution in [2.75, 3.05) is 31.6 Å². The first-order chi connectivity index (χ1) is 12.9. The molecule has 6 heteroatoms. The van der Waals surface area contributed by atoms with Gasteiger partial charge in [0.15, 0.2) is 0 Å². The van der Waals surface area contributed by atoms with Gasteiger partial charge >= 0.3 is 0 Å². The molecule has 27 heavy (non-hydrogen) atoms. The molecule has 4 rings (SSSR count). The molecule has 1 saturated heterocycles. The highest BCUT2D eigenvalue weighted by atomic mass is 19.1. The number of aromatic nitrogens is 2. The standard InChI is InChI=1S/C21H23FN4O/c1-14-13-26(11-10-24(14)2)17-8-9-19-18(12-17)21(27)25(3)20(23-19)15-4-6-16(22)7-5-15/h4-9,12,14H,10-11,13H2,1-3H3. The second-order valence-electron chi connectivity index (χ2n) is 7.28. The van der Waals surface area contributed by atoms with Crippen LogP contribution in [0.25, 0.3) is 22.3 Å². The van der Waals surface area contributed by atoms with E-state index in [1.165, 1.54) is 16.7 Å². The molecule has 0 saturated carbocycles. The third-order valence-corrected chi connectivity index (χ3v) is 5.49. The Morgan fingerprint density at radius 3 is 2.52 bits per heavy atom. The summed E-state index contributed by atoms with van der Waals surface area (Å²) in [7, 11) is 3.84. The van der Waals surface area contributed by atoms with E-state index in [9.17, 15) is 9.18 Å². The number of anilines is 1. The van der Waals surface area contributed by atoms with Crippen molar-refractivity contribution in [1.29, 1.82) is 0 Å². The Balaban J connectivity index is 1.77. The number of nitrogens with zero attached hydrogens (tertiary/aromatic N) is 4. The first-order valence-corrected chi connectivity index (χ1v) is 9.16. The van der Waals surface area contributed by atoms with E-state index in [4.69, 9.17) is 0 Å². The van der Waals surface area contributed by atoms with E-state index in [0.717, 1.165) is 30.9 Å². The molecule has 1 aliphatic heterocycles. The molecule has 0 spiro atoms. The van der Waals surface area contributed by atoms with E-state index in [-0.39, 0.29) is 11.4 Å². The Morgan fingerprint density at radius 1 is 1.07 bits per heavy atom. The molecule has 0 bridgehead atoms. The van der Waals surface area contributed by atoms with Crippen LogP contribution < -0.4 is 10.5 Å². The van der Waals surface area contributed by atoms with E-state index >= 15 is 0 Å². The average molecular weight is 366 g/mol. The highest BCUT2D eigenvalue weighted by Crippen LogP contribution is 2.24. The summed E-state index contributed by atoms with van der Waals surface area (Å²) in [4.78, 5) is 22.3. The molecular formula is C21H23FN4O. The van der Waals surface area contributed by atoms with Gasteiger partial charge in [-0.15, -0.1) is 0 Å². The van der Waals surface area contributed by atoms with Gasteiger partial charge in [0.2, 0.25) is 0 Å². The number of hydrogen-bond donors (Lipinski definition) is 0. The lowest BCUT2D eigenvalue weighted by atomic mass is 10.1. The predicted octanol–water partition coefficient (Wildman–Crippen LogP) is 2.88. The quantitative estimate of drug-likeness (QED) is 0.699. The Labute approximate surface area is 157 Å². The van der Waals surface area contributed by atoms with Crippen molar-refractivity contribution in [1.82, 2.24) is 14.5 Å². The van der Waals surface area contributed by atoms with Gasteiger partial charge in [0, 0.05) is 44.0 Å². The maximum absolute atomic E-state index is 13.2. The highest BCUT2D eigenvalue weighted by molar-refractivity contribution is 5.83. The van der Waals surface area contributed by atoms with Crippen LogP contribution in [0.4, 0.5) is 10.1 Å². The monoisotopic (exact) mass is 366 g/mol. The summed E-state index contributed by atoms with van der Waals surface area (Å²) in [6.45, 7) is 5.08. The maximum Gasteiger partial charge on any atom is 0.261 e.